The van der Waals surface area contributed by atoms with Crippen molar-refractivity contribution in [1.82, 2.24) is 5.32 Å². The first-order chi connectivity index (χ1) is 14.3. The molecule has 0 aromatic heterocycles. The summed E-state index contributed by atoms with van der Waals surface area (Å²) in [5, 5.41) is 2.41. The lowest BCUT2D eigenvalue weighted by Crippen LogP contribution is -2.45. The summed E-state index contributed by atoms with van der Waals surface area (Å²) >= 11 is 0. The van der Waals surface area contributed by atoms with Crippen LogP contribution in [-0.2, 0) is 40.0 Å². The van der Waals surface area contributed by atoms with Crippen LogP contribution in [-0.4, -0.2) is 44.0 Å². The van der Waals surface area contributed by atoms with Gasteiger partial charge in [0.05, 0.1) is 20.3 Å². The monoisotopic (exact) mass is 465 g/mol. The zero-order valence-corrected chi connectivity index (χ0v) is 19.5. The van der Waals surface area contributed by atoms with Crippen molar-refractivity contribution >= 4 is 19.7 Å². The molecule has 0 heterocycles. The third-order valence-electron chi connectivity index (χ3n) is 3.86. The van der Waals surface area contributed by atoms with Crippen LogP contribution in [0.4, 0.5) is 13.6 Å². The first-order valence-electron chi connectivity index (χ1n) is 9.73. The lowest BCUT2D eigenvalue weighted by molar-refractivity contribution is -0.143. The number of benzene rings is 1. The van der Waals surface area contributed by atoms with E-state index in [1.165, 1.54) is 26.0 Å². The van der Waals surface area contributed by atoms with Crippen molar-refractivity contribution in [3.05, 3.63) is 35.4 Å². The molecule has 0 fully saturated rings. The van der Waals surface area contributed by atoms with Crippen molar-refractivity contribution in [2.75, 3.05) is 20.3 Å². The highest BCUT2D eigenvalue weighted by molar-refractivity contribution is 7.54. The van der Waals surface area contributed by atoms with Gasteiger partial charge in [0.25, 0.3) is 0 Å². The largest absolute Gasteiger partial charge is 0.467 e. The van der Waals surface area contributed by atoms with Gasteiger partial charge in [-0.15, -0.1) is 0 Å². The molecule has 0 radical (unpaired) electrons. The molecule has 0 aliphatic heterocycles. The second-order valence-electron chi connectivity index (χ2n) is 7.50. The number of alkyl halides is 2. The van der Waals surface area contributed by atoms with Gasteiger partial charge in [0, 0.05) is 12.0 Å². The number of carbonyl (C=O) groups excluding carboxylic acids is 2. The summed E-state index contributed by atoms with van der Waals surface area (Å²) < 4.78 is 61.6. The van der Waals surface area contributed by atoms with Crippen LogP contribution < -0.4 is 5.32 Å². The second-order valence-corrected chi connectivity index (χ2v) is 9.57. The number of esters is 1. The summed E-state index contributed by atoms with van der Waals surface area (Å²) in [6.07, 6.45) is -0.854. The Morgan fingerprint density at radius 1 is 1.06 bits per heavy atom. The van der Waals surface area contributed by atoms with Crippen molar-refractivity contribution < 1.29 is 41.5 Å². The number of methoxy groups -OCH3 is 1. The van der Waals surface area contributed by atoms with Gasteiger partial charge < -0.3 is 23.8 Å². The van der Waals surface area contributed by atoms with Crippen molar-refractivity contribution in [2.24, 2.45) is 0 Å². The molecule has 0 bridgehead atoms. The zero-order chi connectivity index (χ0) is 23.9. The Hall–Kier alpha value is -2.03. The maximum atomic E-state index is 14.8. The minimum absolute atomic E-state index is 0.0354. The quantitative estimate of drug-likeness (QED) is 0.398. The minimum Gasteiger partial charge on any atom is -0.467 e. The number of rotatable bonds is 10. The second kappa shape index (κ2) is 11.0. The average Bonchev–Trinajstić information content (AvgIpc) is 2.66. The number of hydrogen-bond donors (Lipinski definition) is 1. The number of nitrogens with one attached hydrogen (secondary N) is 1. The van der Waals surface area contributed by atoms with E-state index in [1.807, 2.05) is 0 Å². The fraction of sp³-hybridized carbons (Fsp3) is 0.600. The van der Waals surface area contributed by atoms with E-state index in [-0.39, 0.29) is 19.6 Å². The number of halogens is 2. The van der Waals surface area contributed by atoms with Crippen molar-refractivity contribution in [2.45, 2.75) is 58.3 Å². The van der Waals surface area contributed by atoms with Crippen LogP contribution in [0.1, 0.15) is 45.7 Å². The maximum absolute atomic E-state index is 14.8. The molecule has 176 valence electrons. The summed E-state index contributed by atoms with van der Waals surface area (Å²) in [4.78, 5) is 24.0. The predicted octanol–water partition coefficient (Wildman–Crippen LogP) is 4.61. The third kappa shape index (κ3) is 7.55. The molecule has 1 N–H and O–H groups in total. The highest BCUT2D eigenvalue weighted by Gasteiger charge is 2.54. The maximum Gasteiger partial charge on any atom is 0.408 e. The molecule has 11 heteroatoms. The molecule has 31 heavy (non-hydrogen) atoms. The van der Waals surface area contributed by atoms with Gasteiger partial charge >= 0.3 is 25.3 Å². The lowest BCUT2D eigenvalue weighted by atomic mass is 10.0. The molecule has 1 rings (SSSR count). The molecular formula is C20H30F2NO7P. The van der Waals surface area contributed by atoms with E-state index in [2.05, 4.69) is 5.32 Å². The summed E-state index contributed by atoms with van der Waals surface area (Å²) in [6.45, 7) is 7.47. The molecule has 0 aliphatic rings. The lowest BCUT2D eigenvalue weighted by Gasteiger charge is -2.26. The van der Waals surface area contributed by atoms with Gasteiger partial charge in [-0.2, -0.15) is 8.78 Å². The van der Waals surface area contributed by atoms with Gasteiger partial charge in [-0.05, 0) is 40.2 Å². The average molecular weight is 465 g/mol. The van der Waals surface area contributed by atoms with E-state index >= 15 is 0 Å². The summed E-state index contributed by atoms with van der Waals surface area (Å²) in [7, 11) is -3.57. The Bertz CT molecular complexity index is 784. The van der Waals surface area contributed by atoms with E-state index in [4.69, 9.17) is 18.5 Å². The highest BCUT2D eigenvalue weighted by atomic mass is 31.2. The molecule has 1 aromatic rings. The van der Waals surface area contributed by atoms with Gasteiger partial charge in [-0.1, -0.05) is 24.3 Å². The van der Waals surface area contributed by atoms with Gasteiger partial charge in [-0.25, -0.2) is 9.59 Å². The SMILES string of the molecule is CCOP(=O)(OCC)C(F)(F)c1ccc(CC(NC(=O)OC(C)(C)C)C(=O)OC)cc1. The van der Waals surface area contributed by atoms with Crippen LogP contribution in [0, 0.1) is 0 Å². The number of hydrogen-bond acceptors (Lipinski definition) is 7. The molecule has 1 amide bonds. The Morgan fingerprint density at radius 3 is 2.00 bits per heavy atom. The number of amides is 1. The molecule has 1 unspecified atom stereocenters. The first-order valence-corrected chi connectivity index (χ1v) is 11.3. The minimum atomic E-state index is -4.73. The molecular weight excluding hydrogens is 435 g/mol. The Kier molecular flexibility index (Phi) is 9.60. The molecule has 0 spiro atoms. The van der Waals surface area contributed by atoms with Gasteiger partial charge in [0.2, 0.25) is 0 Å². The summed E-state index contributed by atoms with van der Waals surface area (Å²) in [6, 6.07) is 3.71. The van der Waals surface area contributed by atoms with Crippen LogP contribution >= 0.6 is 7.60 Å². The standard InChI is InChI=1S/C20H30F2NO7P/c1-7-28-31(26,29-8-2)20(21,22)15-11-9-14(10-12-15)13-16(17(24)27-6)23-18(25)30-19(3,4)5/h9-12,16H,7-8,13H2,1-6H3,(H,23,25). The molecule has 1 aromatic carbocycles. The molecule has 1 atom stereocenters. The van der Waals surface area contributed by atoms with Crippen LogP contribution in [0.15, 0.2) is 24.3 Å². The Balaban J connectivity index is 3.05. The van der Waals surface area contributed by atoms with Crippen LogP contribution in [0.3, 0.4) is 0 Å². The highest BCUT2D eigenvalue weighted by Crippen LogP contribution is 2.66. The Labute approximate surface area is 181 Å². The fourth-order valence-electron chi connectivity index (χ4n) is 2.56. The van der Waals surface area contributed by atoms with Crippen LogP contribution in [0.5, 0.6) is 0 Å². The van der Waals surface area contributed by atoms with Gasteiger partial charge in [0.1, 0.15) is 11.6 Å². The van der Waals surface area contributed by atoms with Gasteiger partial charge in [0.15, 0.2) is 0 Å². The van der Waals surface area contributed by atoms with E-state index in [1.54, 1.807) is 20.8 Å². The molecule has 0 aliphatic carbocycles. The van der Waals surface area contributed by atoms with E-state index < -0.39 is 42.5 Å². The summed E-state index contributed by atoms with van der Waals surface area (Å²) in [5.41, 5.74) is -4.74. The number of ether oxygens (including phenoxy) is 2. The number of carbonyl (C=O) groups is 2. The first kappa shape index (κ1) is 27.0. The van der Waals surface area contributed by atoms with Crippen LogP contribution in [0.25, 0.3) is 0 Å². The smallest absolute Gasteiger partial charge is 0.408 e. The van der Waals surface area contributed by atoms with E-state index in [0.717, 1.165) is 19.2 Å². The van der Waals surface area contributed by atoms with Crippen LogP contribution in [0.2, 0.25) is 0 Å². The summed E-state index contributed by atoms with van der Waals surface area (Å²) in [5.74, 6) is -0.725. The number of alkyl carbamates (subject to hydrolysis) is 1. The Morgan fingerprint density at radius 2 is 1.58 bits per heavy atom. The van der Waals surface area contributed by atoms with Crippen molar-refractivity contribution in [1.29, 1.82) is 0 Å². The molecule has 0 saturated carbocycles. The van der Waals surface area contributed by atoms with Crippen molar-refractivity contribution in [3.63, 3.8) is 0 Å². The fourth-order valence-corrected chi connectivity index (χ4v) is 4.10. The normalized spacial score (nSPS) is 13.4. The molecule has 8 nitrogen and oxygen atoms in total. The predicted molar refractivity (Wildman–Crippen MR) is 110 cm³/mol. The van der Waals surface area contributed by atoms with E-state index in [9.17, 15) is 22.9 Å². The van der Waals surface area contributed by atoms with E-state index in [0.29, 0.717) is 5.56 Å². The third-order valence-corrected chi connectivity index (χ3v) is 6.00. The van der Waals surface area contributed by atoms with Crippen molar-refractivity contribution in [3.8, 4) is 0 Å². The molecule has 0 saturated heterocycles. The topological polar surface area (TPSA) is 100 Å². The van der Waals surface area contributed by atoms with Gasteiger partial charge in [-0.3, -0.25) is 4.57 Å². The zero-order valence-electron chi connectivity index (χ0n) is 18.6.